The molecule has 2 nitrogen and oxygen atoms in total. The highest BCUT2D eigenvalue weighted by molar-refractivity contribution is 9.10. The summed E-state index contributed by atoms with van der Waals surface area (Å²) in [6.45, 7) is 7.26. The molecular formula is C20H20BBrF6O2. The lowest BCUT2D eigenvalue weighted by atomic mass is 9.76. The molecule has 1 heterocycles. The summed E-state index contributed by atoms with van der Waals surface area (Å²) in [5, 5.41) is 0. The molecule has 0 unspecified atom stereocenters. The first-order valence-electron chi connectivity index (χ1n) is 8.91. The van der Waals surface area contributed by atoms with E-state index in [-0.39, 0.29) is 21.1 Å². The molecule has 0 amide bonds. The van der Waals surface area contributed by atoms with Crippen molar-refractivity contribution in [2.24, 2.45) is 0 Å². The molecule has 0 N–H and O–H groups in total. The average Bonchev–Trinajstić information content (AvgIpc) is 2.82. The van der Waals surface area contributed by atoms with Crippen molar-refractivity contribution in [3.05, 3.63) is 63.6 Å². The van der Waals surface area contributed by atoms with E-state index in [0.717, 1.165) is 36.4 Å². The van der Waals surface area contributed by atoms with Gasteiger partial charge in [0, 0.05) is 15.6 Å². The SMILES string of the molecule is CC1(C)OB(c2cc(F)ccc2C(F)F)OC1(C)C.Fc1ccc(C(F)F)c(Br)c1. The first-order valence-corrected chi connectivity index (χ1v) is 9.70. The largest absolute Gasteiger partial charge is 0.495 e. The molecule has 0 saturated carbocycles. The lowest BCUT2D eigenvalue weighted by Gasteiger charge is -2.32. The van der Waals surface area contributed by atoms with Crippen LogP contribution in [0.15, 0.2) is 40.9 Å². The minimum atomic E-state index is -2.70. The molecule has 10 heteroatoms. The Labute approximate surface area is 179 Å². The molecule has 30 heavy (non-hydrogen) atoms. The summed E-state index contributed by atoms with van der Waals surface area (Å²) in [5.74, 6) is -1.12. The topological polar surface area (TPSA) is 18.5 Å². The van der Waals surface area contributed by atoms with Crippen molar-refractivity contribution >= 4 is 28.5 Å². The van der Waals surface area contributed by atoms with Crippen LogP contribution >= 0.6 is 15.9 Å². The summed E-state index contributed by atoms with van der Waals surface area (Å²) in [6, 6.07) is 6.21. The Balaban J connectivity index is 0.000000248. The first-order chi connectivity index (χ1) is 13.7. The Morgan fingerprint density at radius 1 is 0.767 bits per heavy atom. The standard InChI is InChI=1S/C13H16BF3O2.C7H4BrF3/c1-12(2)13(3,4)19-14(18-12)10-7-8(15)5-6-9(10)11(16)17;8-6-3-4(9)1-2-5(6)7(10)11/h5-7,11H,1-4H3;1-3,7H. The van der Waals surface area contributed by atoms with E-state index in [4.69, 9.17) is 9.31 Å². The van der Waals surface area contributed by atoms with E-state index in [1.54, 1.807) is 0 Å². The van der Waals surface area contributed by atoms with Gasteiger partial charge in [0.1, 0.15) is 11.6 Å². The normalized spacial score (nSPS) is 17.3. The minimum Gasteiger partial charge on any atom is -0.399 e. The lowest BCUT2D eigenvalue weighted by molar-refractivity contribution is 0.00578. The van der Waals surface area contributed by atoms with E-state index < -0.39 is 42.8 Å². The van der Waals surface area contributed by atoms with Crippen LogP contribution in [-0.2, 0) is 9.31 Å². The number of halogens is 7. The Morgan fingerprint density at radius 2 is 1.20 bits per heavy atom. The predicted octanol–water partition coefficient (Wildman–Crippen LogP) is 6.59. The Morgan fingerprint density at radius 3 is 1.63 bits per heavy atom. The van der Waals surface area contributed by atoms with Crippen LogP contribution < -0.4 is 5.46 Å². The van der Waals surface area contributed by atoms with Gasteiger partial charge in [-0.25, -0.2) is 26.3 Å². The molecule has 164 valence electrons. The molecule has 1 saturated heterocycles. The minimum absolute atomic E-state index is 0.0497. The second kappa shape index (κ2) is 9.32. The number of hydrogen-bond donors (Lipinski definition) is 0. The number of hydrogen-bond acceptors (Lipinski definition) is 2. The second-order valence-electron chi connectivity index (χ2n) is 7.63. The van der Waals surface area contributed by atoms with E-state index in [1.165, 1.54) is 0 Å². The van der Waals surface area contributed by atoms with E-state index in [9.17, 15) is 26.3 Å². The van der Waals surface area contributed by atoms with E-state index >= 15 is 0 Å². The van der Waals surface area contributed by atoms with Crippen LogP contribution in [0.3, 0.4) is 0 Å². The molecule has 1 aliphatic heterocycles. The van der Waals surface area contributed by atoms with Crippen LogP contribution in [0.2, 0.25) is 0 Å². The van der Waals surface area contributed by atoms with Gasteiger partial charge >= 0.3 is 7.12 Å². The number of rotatable bonds is 3. The van der Waals surface area contributed by atoms with E-state index in [1.807, 2.05) is 27.7 Å². The molecule has 2 aromatic rings. The highest BCUT2D eigenvalue weighted by atomic mass is 79.9. The van der Waals surface area contributed by atoms with Gasteiger partial charge in [0.05, 0.1) is 11.2 Å². The highest BCUT2D eigenvalue weighted by Crippen LogP contribution is 2.37. The van der Waals surface area contributed by atoms with Crippen molar-refractivity contribution in [2.45, 2.75) is 51.7 Å². The van der Waals surface area contributed by atoms with Gasteiger partial charge in [0.2, 0.25) is 0 Å². The van der Waals surface area contributed by atoms with Crippen LogP contribution in [0.25, 0.3) is 0 Å². The van der Waals surface area contributed by atoms with Crippen LogP contribution in [-0.4, -0.2) is 18.3 Å². The molecular weight excluding hydrogens is 477 g/mol. The molecule has 2 aromatic carbocycles. The summed E-state index contributed by atoms with van der Waals surface area (Å²) < 4.78 is 87.0. The van der Waals surface area contributed by atoms with Crippen molar-refractivity contribution in [3.8, 4) is 0 Å². The summed E-state index contributed by atoms with van der Waals surface area (Å²) >= 11 is 2.83. The summed E-state index contributed by atoms with van der Waals surface area (Å²) in [5.41, 5.74) is -1.70. The quantitative estimate of drug-likeness (QED) is 0.352. The zero-order valence-corrected chi connectivity index (χ0v) is 18.2. The smallest absolute Gasteiger partial charge is 0.399 e. The van der Waals surface area contributed by atoms with Crippen molar-refractivity contribution in [1.82, 2.24) is 0 Å². The maximum absolute atomic E-state index is 13.3. The Bertz CT molecular complexity index is 876. The van der Waals surface area contributed by atoms with Gasteiger partial charge in [-0.15, -0.1) is 0 Å². The molecule has 0 bridgehead atoms. The molecule has 0 aliphatic carbocycles. The Hall–Kier alpha value is -1.52. The van der Waals surface area contributed by atoms with Gasteiger partial charge in [0.25, 0.3) is 12.9 Å². The van der Waals surface area contributed by atoms with Crippen molar-refractivity contribution in [1.29, 1.82) is 0 Å². The van der Waals surface area contributed by atoms with Gasteiger partial charge in [-0.1, -0.05) is 22.0 Å². The fraction of sp³-hybridized carbons (Fsp3) is 0.400. The summed E-state index contributed by atoms with van der Waals surface area (Å²) in [6.07, 6.45) is -5.26. The van der Waals surface area contributed by atoms with Gasteiger partial charge in [-0.05, 0) is 63.5 Å². The average molecular weight is 497 g/mol. The van der Waals surface area contributed by atoms with Crippen molar-refractivity contribution in [2.75, 3.05) is 0 Å². The predicted molar refractivity (Wildman–Crippen MR) is 106 cm³/mol. The third-order valence-corrected chi connectivity index (χ3v) is 5.68. The number of alkyl halides is 4. The Kier molecular flexibility index (Phi) is 7.69. The van der Waals surface area contributed by atoms with Gasteiger partial charge in [-0.3, -0.25) is 0 Å². The van der Waals surface area contributed by atoms with Crippen molar-refractivity contribution in [3.63, 3.8) is 0 Å². The zero-order chi connectivity index (χ0) is 22.9. The third-order valence-electron chi connectivity index (χ3n) is 4.99. The van der Waals surface area contributed by atoms with Crippen LogP contribution in [0, 0.1) is 11.6 Å². The van der Waals surface area contributed by atoms with E-state index in [2.05, 4.69) is 15.9 Å². The molecule has 0 radical (unpaired) electrons. The third kappa shape index (κ3) is 5.59. The highest BCUT2D eigenvalue weighted by Gasteiger charge is 2.52. The fourth-order valence-electron chi connectivity index (χ4n) is 2.60. The zero-order valence-electron chi connectivity index (χ0n) is 16.7. The van der Waals surface area contributed by atoms with Crippen LogP contribution in [0.1, 0.15) is 51.7 Å². The number of benzene rings is 2. The molecule has 0 aromatic heterocycles. The maximum atomic E-state index is 13.3. The molecule has 3 rings (SSSR count). The molecule has 0 spiro atoms. The maximum Gasteiger partial charge on any atom is 0.495 e. The molecule has 1 fully saturated rings. The van der Waals surface area contributed by atoms with Crippen LogP contribution in [0.5, 0.6) is 0 Å². The second-order valence-corrected chi connectivity index (χ2v) is 8.48. The van der Waals surface area contributed by atoms with E-state index in [0.29, 0.717) is 0 Å². The first kappa shape index (κ1) is 24.8. The lowest BCUT2D eigenvalue weighted by Crippen LogP contribution is -2.41. The van der Waals surface area contributed by atoms with Gasteiger partial charge in [0.15, 0.2) is 0 Å². The molecule has 1 aliphatic rings. The van der Waals surface area contributed by atoms with Gasteiger partial charge in [-0.2, -0.15) is 0 Å². The fourth-order valence-corrected chi connectivity index (χ4v) is 3.12. The van der Waals surface area contributed by atoms with Crippen LogP contribution in [0.4, 0.5) is 26.3 Å². The monoisotopic (exact) mass is 496 g/mol. The van der Waals surface area contributed by atoms with Gasteiger partial charge < -0.3 is 9.31 Å². The van der Waals surface area contributed by atoms with Crippen molar-refractivity contribution < 1.29 is 35.7 Å². The summed E-state index contributed by atoms with van der Waals surface area (Å²) in [7, 11) is -0.982. The summed E-state index contributed by atoms with van der Waals surface area (Å²) in [4.78, 5) is 0. The molecule has 0 atom stereocenters.